The van der Waals surface area contributed by atoms with Crippen molar-refractivity contribution >= 4 is 23.5 Å². The quantitative estimate of drug-likeness (QED) is 0.605. The molecule has 0 spiro atoms. The van der Waals surface area contributed by atoms with Gasteiger partial charge in [0.25, 0.3) is 5.91 Å². The summed E-state index contributed by atoms with van der Waals surface area (Å²) in [5.41, 5.74) is 2.01. The second kappa shape index (κ2) is 8.33. The van der Waals surface area contributed by atoms with Crippen LogP contribution in [0.2, 0.25) is 0 Å². The maximum Gasteiger partial charge on any atom is 0.325 e. The summed E-state index contributed by atoms with van der Waals surface area (Å²) in [5, 5.41) is 2.78. The molecule has 3 aromatic carbocycles. The van der Waals surface area contributed by atoms with Gasteiger partial charge >= 0.3 is 6.03 Å². The zero-order chi connectivity index (χ0) is 23.9. The van der Waals surface area contributed by atoms with Gasteiger partial charge in [-0.1, -0.05) is 72.3 Å². The van der Waals surface area contributed by atoms with Gasteiger partial charge in [-0.3, -0.25) is 19.4 Å². The highest BCUT2D eigenvalue weighted by Crippen LogP contribution is 2.39. The molecule has 172 valence electrons. The topological polar surface area (TPSA) is 79.0 Å². The van der Waals surface area contributed by atoms with Crippen molar-refractivity contribution in [1.82, 2.24) is 10.2 Å². The zero-order valence-corrected chi connectivity index (χ0v) is 19.0. The molecule has 34 heavy (non-hydrogen) atoms. The number of rotatable bonds is 4. The highest BCUT2D eigenvalue weighted by molar-refractivity contribution is 6.11. The van der Waals surface area contributed by atoms with Crippen molar-refractivity contribution in [2.45, 2.75) is 25.4 Å². The molecule has 2 aliphatic heterocycles. The molecular weight excluding hydrogens is 430 g/mol. The van der Waals surface area contributed by atoms with Crippen LogP contribution < -0.4 is 15.0 Å². The van der Waals surface area contributed by atoms with E-state index >= 15 is 0 Å². The minimum absolute atomic E-state index is 0.272. The molecule has 7 heteroatoms. The van der Waals surface area contributed by atoms with Crippen LogP contribution in [0.25, 0.3) is 0 Å². The van der Waals surface area contributed by atoms with E-state index in [2.05, 4.69) is 5.32 Å². The molecule has 2 heterocycles. The van der Waals surface area contributed by atoms with Crippen LogP contribution in [0.3, 0.4) is 0 Å². The molecule has 0 bridgehead atoms. The van der Waals surface area contributed by atoms with Crippen LogP contribution in [0.15, 0.2) is 78.9 Å². The number of imide groups is 1. The summed E-state index contributed by atoms with van der Waals surface area (Å²) in [6.07, 6.45) is 0. The van der Waals surface area contributed by atoms with Crippen LogP contribution in [0.5, 0.6) is 5.75 Å². The maximum atomic E-state index is 13.7. The van der Waals surface area contributed by atoms with Gasteiger partial charge in [-0.05, 0) is 37.1 Å². The summed E-state index contributed by atoms with van der Waals surface area (Å²) in [7, 11) is 0. The van der Waals surface area contributed by atoms with Gasteiger partial charge in [-0.25, -0.2) is 4.79 Å². The Morgan fingerprint density at radius 1 is 1.00 bits per heavy atom. The molecule has 0 saturated carbocycles. The molecule has 0 radical (unpaired) electrons. The van der Waals surface area contributed by atoms with E-state index in [0.29, 0.717) is 17.0 Å². The Balaban J connectivity index is 1.45. The van der Waals surface area contributed by atoms with E-state index in [1.165, 1.54) is 0 Å². The molecule has 5 rings (SSSR count). The third-order valence-electron chi connectivity index (χ3n) is 6.48. The minimum Gasteiger partial charge on any atom is -0.489 e. The molecule has 2 aliphatic rings. The number of carbonyl (C=O) groups excluding carboxylic acids is 3. The van der Waals surface area contributed by atoms with Crippen molar-refractivity contribution in [1.29, 1.82) is 0 Å². The first-order chi connectivity index (χ1) is 16.4. The first kappa shape index (κ1) is 21.7. The lowest BCUT2D eigenvalue weighted by atomic mass is 9.91. The number of urea groups is 1. The number of anilines is 1. The smallest absolute Gasteiger partial charge is 0.325 e. The van der Waals surface area contributed by atoms with E-state index in [1.54, 1.807) is 17.9 Å². The average Bonchev–Trinajstić information content (AvgIpc) is 3.07. The second-order valence-electron chi connectivity index (χ2n) is 8.78. The minimum atomic E-state index is -1.23. The van der Waals surface area contributed by atoms with Gasteiger partial charge in [0.15, 0.2) is 0 Å². The van der Waals surface area contributed by atoms with E-state index in [1.807, 2.05) is 79.7 Å². The van der Waals surface area contributed by atoms with Crippen molar-refractivity contribution in [3.63, 3.8) is 0 Å². The molecule has 0 unspecified atom stereocenters. The fraction of sp³-hybridized carbons (Fsp3) is 0.222. The maximum absolute atomic E-state index is 13.7. The fourth-order valence-electron chi connectivity index (χ4n) is 4.55. The predicted octanol–water partition coefficient (Wildman–Crippen LogP) is 3.93. The van der Waals surface area contributed by atoms with Crippen LogP contribution in [-0.2, 0) is 15.1 Å². The van der Waals surface area contributed by atoms with Crippen molar-refractivity contribution < 1.29 is 19.1 Å². The Bertz CT molecular complexity index is 1260. The molecule has 1 fully saturated rings. The standard InChI is InChI=1S/C27H25N3O4/c1-18-12-14-20(15-13-18)27(2)25(32)29(26(33)28-27)16-24(31)30-21-10-6-7-11-23(21)34-17-22(30)19-8-4-3-5-9-19/h3-15,22H,16-17H2,1-2H3,(H,28,33)/t22-,27+/m0/s1. The monoisotopic (exact) mass is 455 g/mol. The largest absolute Gasteiger partial charge is 0.489 e. The Hall–Kier alpha value is -4.13. The van der Waals surface area contributed by atoms with Gasteiger partial charge < -0.3 is 10.1 Å². The van der Waals surface area contributed by atoms with Crippen LogP contribution >= 0.6 is 0 Å². The third-order valence-corrected chi connectivity index (χ3v) is 6.48. The number of para-hydroxylation sites is 2. The number of ether oxygens (including phenoxy) is 1. The predicted molar refractivity (Wildman–Crippen MR) is 127 cm³/mol. The number of nitrogens with one attached hydrogen (secondary N) is 1. The summed E-state index contributed by atoms with van der Waals surface area (Å²) in [4.78, 5) is 42.6. The van der Waals surface area contributed by atoms with Crippen molar-refractivity contribution in [2.24, 2.45) is 0 Å². The number of hydrogen-bond acceptors (Lipinski definition) is 4. The highest BCUT2D eigenvalue weighted by Gasteiger charge is 2.50. The number of benzene rings is 3. The van der Waals surface area contributed by atoms with Crippen LogP contribution in [0.1, 0.15) is 29.7 Å². The first-order valence-electron chi connectivity index (χ1n) is 11.2. The van der Waals surface area contributed by atoms with E-state index in [9.17, 15) is 14.4 Å². The van der Waals surface area contributed by atoms with Crippen LogP contribution in [0.4, 0.5) is 10.5 Å². The van der Waals surface area contributed by atoms with Gasteiger partial charge in [0.1, 0.15) is 24.4 Å². The summed E-state index contributed by atoms with van der Waals surface area (Å²) in [6.45, 7) is 3.52. The Kier molecular flexibility index (Phi) is 5.32. The van der Waals surface area contributed by atoms with Crippen molar-refractivity contribution in [3.05, 3.63) is 95.6 Å². The lowest BCUT2D eigenvalue weighted by Gasteiger charge is -2.37. The molecule has 3 aromatic rings. The molecule has 2 atom stereocenters. The number of nitrogens with zero attached hydrogens (tertiary/aromatic N) is 2. The van der Waals surface area contributed by atoms with E-state index in [0.717, 1.165) is 16.0 Å². The number of amides is 4. The molecular formula is C27H25N3O4. The molecule has 4 amide bonds. The third kappa shape index (κ3) is 3.59. The molecule has 1 saturated heterocycles. The normalized spacial score (nSPS) is 21.6. The average molecular weight is 456 g/mol. The number of hydrogen-bond donors (Lipinski definition) is 1. The van der Waals surface area contributed by atoms with E-state index in [4.69, 9.17) is 4.74 Å². The second-order valence-corrected chi connectivity index (χ2v) is 8.78. The SMILES string of the molecule is Cc1ccc([C@@]2(C)NC(=O)N(CC(=O)N3c4ccccc4OC[C@H]3c3ccccc3)C2=O)cc1. The van der Waals surface area contributed by atoms with Gasteiger partial charge in [-0.15, -0.1) is 0 Å². The van der Waals surface area contributed by atoms with Crippen LogP contribution in [0, 0.1) is 6.92 Å². The molecule has 1 N–H and O–H groups in total. The number of aryl methyl sites for hydroxylation is 1. The first-order valence-corrected chi connectivity index (χ1v) is 11.2. The Morgan fingerprint density at radius 2 is 1.68 bits per heavy atom. The Morgan fingerprint density at radius 3 is 2.41 bits per heavy atom. The lowest BCUT2D eigenvalue weighted by Crippen LogP contribution is -2.48. The lowest BCUT2D eigenvalue weighted by molar-refractivity contribution is -0.134. The van der Waals surface area contributed by atoms with Crippen LogP contribution in [-0.4, -0.2) is 35.9 Å². The molecule has 0 aliphatic carbocycles. The highest BCUT2D eigenvalue weighted by atomic mass is 16.5. The summed E-state index contributed by atoms with van der Waals surface area (Å²) >= 11 is 0. The van der Waals surface area contributed by atoms with Gasteiger partial charge in [-0.2, -0.15) is 0 Å². The Labute approximate surface area is 197 Å². The van der Waals surface area contributed by atoms with Crippen molar-refractivity contribution in [2.75, 3.05) is 18.1 Å². The van der Waals surface area contributed by atoms with Gasteiger partial charge in [0, 0.05) is 0 Å². The number of fused-ring (bicyclic) bond motifs is 1. The van der Waals surface area contributed by atoms with Gasteiger partial charge in [0.05, 0.1) is 11.7 Å². The zero-order valence-electron chi connectivity index (χ0n) is 19.0. The molecule has 0 aromatic heterocycles. The van der Waals surface area contributed by atoms with Gasteiger partial charge in [0.2, 0.25) is 5.91 Å². The van der Waals surface area contributed by atoms with E-state index < -0.39 is 17.5 Å². The summed E-state index contributed by atoms with van der Waals surface area (Å²) < 4.78 is 5.93. The fourth-order valence-corrected chi connectivity index (χ4v) is 4.55. The summed E-state index contributed by atoms with van der Waals surface area (Å²) in [6, 6.07) is 23.3. The molecule has 7 nitrogen and oxygen atoms in total. The van der Waals surface area contributed by atoms with Crippen molar-refractivity contribution in [3.8, 4) is 5.75 Å². The number of carbonyl (C=O) groups is 3. The van der Waals surface area contributed by atoms with E-state index in [-0.39, 0.29) is 25.1 Å². The summed E-state index contributed by atoms with van der Waals surface area (Å²) in [5.74, 6) is -0.224.